The largest absolute Gasteiger partial charge is 0.469 e. The van der Waals surface area contributed by atoms with Gasteiger partial charge >= 0.3 is 5.97 Å². The topological polar surface area (TPSA) is 55.4 Å². The first-order valence-corrected chi connectivity index (χ1v) is 11.5. The number of carbonyl (C=O) groups is 2. The summed E-state index contributed by atoms with van der Waals surface area (Å²) >= 11 is 0. The summed E-state index contributed by atoms with van der Waals surface area (Å²) in [4.78, 5) is 24.0. The van der Waals surface area contributed by atoms with Crippen molar-refractivity contribution in [1.82, 2.24) is 5.32 Å². The van der Waals surface area contributed by atoms with Crippen LogP contribution in [0.4, 0.5) is 0 Å². The molecule has 1 heterocycles. The molecule has 4 fully saturated rings. The van der Waals surface area contributed by atoms with E-state index in [9.17, 15) is 9.59 Å². The van der Waals surface area contributed by atoms with E-state index in [2.05, 4.69) is 33.0 Å². The molecule has 7 atom stereocenters. The van der Waals surface area contributed by atoms with Crippen molar-refractivity contribution in [1.29, 1.82) is 0 Å². The Morgan fingerprint density at radius 2 is 1.82 bits per heavy atom. The number of methoxy groups -OCH3 is 1. The van der Waals surface area contributed by atoms with Crippen molar-refractivity contribution in [2.75, 3.05) is 7.11 Å². The summed E-state index contributed by atoms with van der Waals surface area (Å²) in [5.41, 5.74) is 0.621. The quantitative estimate of drug-likeness (QED) is 0.711. The number of piperidine rings is 1. The summed E-state index contributed by atoms with van der Waals surface area (Å²) < 4.78 is 4.90. The lowest BCUT2D eigenvalue weighted by Gasteiger charge is -2.65. The standard InChI is InChI=1S/C24H39NO3/c1-22(2)14-20(26)25-19-10-8-16-17-9-6-15(7-11-21(27)28-5)23(17,3)13-12-18(16)24(19,22)4/h15-19H,6-14H2,1-5H3,(H,25,26)/t15-,16+,17+,18+,19-,23-,24-/m1/s1. The maximum absolute atomic E-state index is 12.3. The molecule has 4 nitrogen and oxygen atoms in total. The number of nitrogens with one attached hydrogen (secondary N) is 1. The van der Waals surface area contributed by atoms with Crippen LogP contribution in [-0.4, -0.2) is 25.0 Å². The molecule has 0 aromatic carbocycles. The molecule has 0 bridgehead atoms. The number of fused-ring (bicyclic) bond motifs is 5. The van der Waals surface area contributed by atoms with E-state index in [0.717, 1.165) is 24.7 Å². The average molecular weight is 390 g/mol. The summed E-state index contributed by atoms with van der Waals surface area (Å²) in [6, 6.07) is 0.339. The molecule has 1 N–H and O–H groups in total. The lowest BCUT2D eigenvalue weighted by molar-refractivity contribution is -0.164. The van der Waals surface area contributed by atoms with Gasteiger partial charge in [-0.05, 0) is 84.9 Å². The van der Waals surface area contributed by atoms with Crippen LogP contribution in [0.2, 0.25) is 0 Å². The van der Waals surface area contributed by atoms with Gasteiger partial charge in [-0.2, -0.15) is 0 Å². The van der Waals surface area contributed by atoms with Gasteiger partial charge in [0.05, 0.1) is 7.11 Å². The first kappa shape index (κ1) is 20.2. The number of rotatable bonds is 3. The second-order valence-electron chi connectivity index (χ2n) is 11.4. The van der Waals surface area contributed by atoms with Crippen molar-refractivity contribution in [3.63, 3.8) is 0 Å². The second-order valence-corrected chi connectivity index (χ2v) is 11.4. The van der Waals surface area contributed by atoms with Crippen molar-refractivity contribution < 1.29 is 14.3 Å². The third kappa shape index (κ3) is 2.76. The second kappa shape index (κ2) is 6.74. The van der Waals surface area contributed by atoms with E-state index in [1.54, 1.807) is 0 Å². The molecule has 1 aliphatic heterocycles. The minimum atomic E-state index is -0.0616. The fourth-order valence-electron chi connectivity index (χ4n) is 8.36. The monoisotopic (exact) mass is 389 g/mol. The van der Waals surface area contributed by atoms with Crippen LogP contribution in [0, 0.1) is 39.9 Å². The molecule has 28 heavy (non-hydrogen) atoms. The lowest BCUT2D eigenvalue weighted by Crippen LogP contribution is -2.67. The first-order chi connectivity index (χ1) is 13.1. The highest BCUT2D eigenvalue weighted by Gasteiger charge is 2.64. The Bertz CT molecular complexity index is 658. The van der Waals surface area contributed by atoms with Crippen molar-refractivity contribution in [3.05, 3.63) is 0 Å². The number of amides is 1. The Morgan fingerprint density at radius 3 is 2.54 bits per heavy atom. The van der Waals surface area contributed by atoms with E-state index in [-0.39, 0.29) is 22.7 Å². The molecule has 3 saturated carbocycles. The van der Waals surface area contributed by atoms with Gasteiger partial charge in [-0.25, -0.2) is 0 Å². The first-order valence-electron chi connectivity index (χ1n) is 11.5. The molecular formula is C24H39NO3. The zero-order chi connectivity index (χ0) is 20.3. The number of esters is 1. The molecule has 0 aromatic heterocycles. The van der Waals surface area contributed by atoms with Gasteiger partial charge in [0.25, 0.3) is 0 Å². The average Bonchev–Trinajstić information content (AvgIpc) is 2.97. The van der Waals surface area contributed by atoms with Crippen molar-refractivity contribution in [3.8, 4) is 0 Å². The van der Waals surface area contributed by atoms with Gasteiger partial charge in [-0.15, -0.1) is 0 Å². The fraction of sp³-hybridized carbons (Fsp3) is 0.917. The maximum Gasteiger partial charge on any atom is 0.305 e. The summed E-state index contributed by atoms with van der Waals surface area (Å²) in [5.74, 6) is 3.10. The third-order valence-electron chi connectivity index (χ3n) is 10.2. The predicted molar refractivity (Wildman–Crippen MR) is 109 cm³/mol. The van der Waals surface area contributed by atoms with E-state index < -0.39 is 0 Å². The molecule has 1 saturated heterocycles. The Labute approximate surface area is 170 Å². The van der Waals surface area contributed by atoms with Crippen LogP contribution in [0.3, 0.4) is 0 Å². The minimum absolute atomic E-state index is 0.0555. The number of hydrogen-bond acceptors (Lipinski definition) is 3. The summed E-state index contributed by atoms with van der Waals surface area (Å²) in [7, 11) is 1.50. The van der Waals surface area contributed by atoms with Crippen LogP contribution in [0.1, 0.15) is 85.5 Å². The Kier molecular flexibility index (Phi) is 4.87. The van der Waals surface area contributed by atoms with Gasteiger partial charge < -0.3 is 10.1 Å². The van der Waals surface area contributed by atoms with E-state index >= 15 is 0 Å². The number of ether oxygens (including phenoxy) is 1. The molecule has 0 spiro atoms. The molecule has 4 aliphatic rings. The predicted octanol–water partition coefficient (Wildman–Crippen LogP) is 4.71. The molecule has 0 unspecified atom stereocenters. The van der Waals surface area contributed by atoms with Crippen molar-refractivity contribution in [2.24, 2.45) is 39.9 Å². The van der Waals surface area contributed by atoms with E-state index in [0.29, 0.717) is 36.1 Å². The van der Waals surface area contributed by atoms with E-state index in [4.69, 9.17) is 4.74 Å². The van der Waals surface area contributed by atoms with Crippen LogP contribution in [0.15, 0.2) is 0 Å². The van der Waals surface area contributed by atoms with Crippen LogP contribution < -0.4 is 5.32 Å². The zero-order valence-corrected chi connectivity index (χ0v) is 18.5. The van der Waals surface area contributed by atoms with Crippen LogP contribution >= 0.6 is 0 Å². The van der Waals surface area contributed by atoms with Gasteiger partial charge in [-0.1, -0.05) is 27.7 Å². The molecule has 0 aromatic rings. The van der Waals surface area contributed by atoms with E-state index in [1.165, 1.54) is 39.2 Å². The maximum atomic E-state index is 12.3. The molecule has 1 amide bonds. The highest BCUT2D eigenvalue weighted by Crippen LogP contribution is 2.68. The summed E-state index contributed by atoms with van der Waals surface area (Å²) in [5, 5.41) is 3.37. The summed E-state index contributed by atoms with van der Waals surface area (Å²) in [6.07, 6.45) is 9.73. The van der Waals surface area contributed by atoms with Crippen LogP contribution in [0.5, 0.6) is 0 Å². The van der Waals surface area contributed by atoms with E-state index in [1.807, 2.05) is 0 Å². The highest BCUT2D eigenvalue weighted by molar-refractivity contribution is 5.78. The Hall–Kier alpha value is -1.06. The van der Waals surface area contributed by atoms with Gasteiger partial charge in [0.1, 0.15) is 0 Å². The molecule has 3 aliphatic carbocycles. The minimum Gasteiger partial charge on any atom is -0.469 e. The molecule has 0 radical (unpaired) electrons. The SMILES string of the molecule is COC(=O)CC[C@H]1CC[C@H]2[C@@H]3CC[C@H]4NC(=O)CC(C)(C)[C@]4(C)[C@H]3CC[C@]12C. The fourth-order valence-corrected chi connectivity index (χ4v) is 8.36. The highest BCUT2D eigenvalue weighted by atomic mass is 16.5. The van der Waals surface area contributed by atoms with Crippen LogP contribution in [-0.2, 0) is 14.3 Å². The third-order valence-corrected chi connectivity index (χ3v) is 10.2. The van der Waals surface area contributed by atoms with Crippen molar-refractivity contribution >= 4 is 11.9 Å². The molecular weight excluding hydrogens is 350 g/mol. The normalized spacial score (nSPS) is 46.8. The Balaban J connectivity index is 1.57. The van der Waals surface area contributed by atoms with Gasteiger partial charge in [-0.3, -0.25) is 9.59 Å². The summed E-state index contributed by atoms with van der Waals surface area (Å²) in [6.45, 7) is 9.68. The van der Waals surface area contributed by atoms with Crippen LogP contribution in [0.25, 0.3) is 0 Å². The zero-order valence-electron chi connectivity index (χ0n) is 18.5. The number of carbonyl (C=O) groups excluding carboxylic acids is 2. The molecule has 4 heteroatoms. The molecule has 4 rings (SSSR count). The van der Waals surface area contributed by atoms with Crippen molar-refractivity contribution in [2.45, 2.75) is 91.5 Å². The smallest absolute Gasteiger partial charge is 0.305 e. The van der Waals surface area contributed by atoms with Gasteiger partial charge in [0, 0.05) is 18.9 Å². The van der Waals surface area contributed by atoms with Gasteiger partial charge in [0.15, 0.2) is 0 Å². The Morgan fingerprint density at radius 1 is 1.07 bits per heavy atom. The molecule has 158 valence electrons. The lowest BCUT2D eigenvalue weighted by atomic mass is 9.42. The van der Waals surface area contributed by atoms with Gasteiger partial charge in [0.2, 0.25) is 5.91 Å². The number of hydrogen-bond donors (Lipinski definition) is 1.